The van der Waals surface area contributed by atoms with Gasteiger partial charge in [0.15, 0.2) is 0 Å². The summed E-state index contributed by atoms with van der Waals surface area (Å²) in [6.45, 7) is 0.674. The van der Waals surface area contributed by atoms with Gasteiger partial charge in [-0.2, -0.15) is 0 Å². The van der Waals surface area contributed by atoms with Gasteiger partial charge in [-0.25, -0.2) is 0 Å². The Morgan fingerprint density at radius 3 is 2.47 bits per heavy atom. The molecule has 2 N–H and O–H groups in total. The molecular formula is C15H17NO2S. The number of hydrogen-bond donors (Lipinski definition) is 2. The second-order valence-corrected chi connectivity index (χ2v) is 5.83. The number of anilines is 1. The third-order valence-corrected chi connectivity index (χ3v) is 3.51. The van der Waals surface area contributed by atoms with Crippen LogP contribution in [0, 0.1) is 0 Å². The van der Waals surface area contributed by atoms with Gasteiger partial charge in [0, 0.05) is 29.3 Å². The van der Waals surface area contributed by atoms with Gasteiger partial charge < -0.3 is 10.4 Å². The van der Waals surface area contributed by atoms with Gasteiger partial charge in [0.25, 0.3) is 0 Å². The Hall–Kier alpha value is -1.81. The molecule has 0 aliphatic carbocycles. The van der Waals surface area contributed by atoms with Crippen LogP contribution in [-0.4, -0.2) is 15.6 Å². The summed E-state index contributed by atoms with van der Waals surface area (Å²) in [4.78, 5) is 0. The average Bonchev–Trinajstić information content (AvgIpc) is 2.39. The van der Waals surface area contributed by atoms with Crippen molar-refractivity contribution in [3.63, 3.8) is 0 Å². The third-order valence-electron chi connectivity index (χ3n) is 2.80. The lowest BCUT2D eigenvalue weighted by atomic mass is 10.1. The van der Waals surface area contributed by atoms with E-state index in [1.54, 1.807) is 18.4 Å². The van der Waals surface area contributed by atoms with Gasteiger partial charge in [-0.05, 0) is 29.3 Å². The minimum Gasteiger partial charge on any atom is -0.508 e. The SMILES string of the molecule is C[S@@](=O)Cc1ccccc1NCc1ccc(O)cc1. The molecule has 0 bridgehead atoms. The molecule has 0 saturated heterocycles. The molecule has 2 aromatic carbocycles. The van der Waals surface area contributed by atoms with Gasteiger partial charge in [-0.3, -0.25) is 4.21 Å². The topological polar surface area (TPSA) is 49.3 Å². The van der Waals surface area contributed by atoms with Crippen LogP contribution in [0.1, 0.15) is 11.1 Å². The molecule has 0 fully saturated rings. The summed E-state index contributed by atoms with van der Waals surface area (Å²) in [5.41, 5.74) is 3.15. The van der Waals surface area contributed by atoms with Gasteiger partial charge >= 0.3 is 0 Å². The maximum Gasteiger partial charge on any atom is 0.115 e. The van der Waals surface area contributed by atoms with Crippen molar-refractivity contribution in [1.82, 2.24) is 0 Å². The van der Waals surface area contributed by atoms with Crippen molar-refractivity contribution in [3.05, 3.63) is 59.7 Å². The molecule has 0 aliphatic rings. The van der Waals surface area contributed by atoms with Gasteiger partial charge in [0.1, 0.15) is 5.75 Å². The Morgan fingerprint density at radius 2 is 1.79 bits per heavy atom. The Kier molecular flexibility index (Phi) is 4.58. The molecule has 0 amide bonds. The van der Waals surface area contributed by atoms with Gasteiger partial charge in [-0.15, -0.1) is 0 Å². The van der Waals surface area contributed by atoms with E-state index in [1.165, 1.54) is 0 Å². The summed E-state index contributed by atoms with van der Waals surface area (Å²) in [6, 6.07) is 15.0. The van der Waals surface area contributed by atoms with Gasteiger partial charge in [-0.1, -0.05) is 30.3 Å². The number of nitrogens with one attached hydrogen (secondary N) is 1. The fourth-order valence-corrected chi connectivity index (χ4v) is 2.54. The molecule has 3 nitrogen and oxygen atoms in total. The normalized spacial score (nSPS) is 12.1. The van der Waals surface area contributed by atoms with Crippen LogP contribution in [0.25, 0.3) is 0 Å². The molecule has 0 spiro atoms. The van der Waals surface area contributed by atoms with Crippen LogP contribution in [0.5, 0.6) is 5.75 Å². The van der Waals surface area contributed by atoms with Gasteiger partial charge in [0.05, 0.1) is 5.75 Å². The minimum atomic E-state index is -0.851. The van der Waals surface area contributed by atoms with Crippen LogP contribution in [-0.2, 0) is 23.1 Å². The summed E-state index contributed by atoms with van der Waals surface area (Å²) in [5.74, 6) is 0.823. The van der Waals surface area contributed by atoms with E-state index in [2.05, 4.69) is 5.32 Å². The van der Waals surface area contributed by atoms with E-state index >= 15 is 0 Å². The van der Waals surface area contributed by atoms with E-state index in [-0.39, 0.29) is 5.75 Å². The van der Waals surface area contributed by atoms with E-state index in [1.807, 2.05) is 36.4 Å². The molecule has 0 radical (unpaired) electrons. The molecule has 1 atom stereocenters. The van der Waals surface area contributed by atoms with Gasteiger partial charge in [0.2, 0.25) is 0 Å². The largest absolute Gasteiger partial charge is 0.508 e. The van der Waals surface area contributed by atoms with Crippen LogP contribution >= 0.6 is 0 Å². The summed E-state index contributed by atoms with van der Waals surface area (Å²) in [7, 11) is -0.851. The van der Waals surface area contributed by atoms with Crippen molar-refractivity contribution in [2.24, 2.45) is 0 Å². The Labute approximate surface area is 115 Å². The lowest BCUT2D eigenvalue weighted by molar-refractivity contribution is 0.475. The molecule has 0 aromatic heterocycles. The summed E-state index contributed by atoms with van der Waals surface area (Å²) >= 11 is 0. The second-order valence-electron chi connectivity index (χ2n) is 4.39. The Balaban J connectivity index is 2.06. The van der Waals surface area contributed by atoms with Crippen LogP contribution in [0.2, 0.25) is 0 Å². The highest BCUT2D eigenvalue weighted by Crippen LogP contribution is 2.18. The molecule has 0 heterocycles. The first kappa shape index (κ1) is 13.6. The fourth-order valence-electron chi connectivity index (χ4n) is 1.85. The lowest BCUT2D eigenvalue weighted by Gasteiger charge is -2.11. The van der Waals surface area contributed by atoms with Crippen molar-refractivity contribution in [3.8, 4) is 5.75 Å². The smallest absolute Gasteiger partial charge is 0.115 e. The molecule has 4 heteroatoms. The maximum absolute atomic E-state index is 11.3. The van der Waals surface area contributed by atoms with E-state index in [4.69, 9.17) is 0 Å². The second kappa shape index (κ2) is 6.38. The maximum atomic E-state index is 11.3. The molecule has 0 unspecified atom stereocenters. The number of aromatic hydroxyl groups is 1. The number of rotatable bonds is 5. The highest BCUT2D eigenvalue weighted by atomic mass is 32.2. The summed E-state index contributed by atoms with van der Waals surface area (Å²) < 4.78 is 11.3. The number of para-hydroxylation sites is 1. The van der Waals surface area contributed by atoms with E-state index in [0.29, 0.717) is 12.3 Å². The van der Waals surface area contributed by atoms with Crippen molar-refractivity contribution in [2.75, 3.05) is 11.6 Å². The highest BCUT2D eigenvalue weighted by molar-refractivity contribution is 7.83. The first-order valence-corrected chi connectivity index (χ1v) is 7.77. The molecule has 100 valence electrons. The third kappa shape index (κ3) is 4.10. The highest BCUT2D eigenvalue weighted by Gasteiger charge is 2.03. The molecule has 2 rings (SSSR count). The lowest BCUT2D eigenvalue weighted by Crippen LogP contribution is -2.03. The number of phenols is 1. The number of hydrogen-bond acceptors (Lipinski definition) is 3. The van der Waals surface area contributed by atoms with Crippen molar-refractivity contribution in [2.45, 2.75) is 12.3 Å². The fraction of sp³-hybridized carbons (Fsp3) is 0.200. The summed E-state index contributed by atoms with van der Waals surface area (Å²) in [5, 5.41) is 12.6. The van der Waals surface area contributed by atoms with Crippen molar-refractivity contribution >= 4 is 16.5 Å². The van der Waals surface area contributed by atoms with Crippen LogP contribution < -0.4 is 5.32 Å². The zero-order chi connectivity index (χ0) is 13.7. The van der Waals surface area contributed by atoms with Crippen molar-refractivity contribution in [1.29, 1.82) is 0 Å². The monoisotopic (exact) mass is 275 g/mol. The zero-order valence-electron chi connectivity index (χ0n) is 10.8. The predicted octanol–water partition coefficient (Wildman–Crippen LogP) is 2.88. The first-order valence-electron chi connectivity index (χ1n) is 6.05. The summed E-state index contributed by atoms with van der Waals surface area (Å²) in [6.07, 6.45) is 1.71. The van der Waals surface area contributed by atoms with E-state index in [0.717, 1.165) is 16.8 Å². The molecule has 0 saturated carbocycles. The average molecular weight is 275 g/mol. The molecule has 2 aromatic rings. The minimum absolute atomic E-state index is 0.269. The number of phenolic OH excluding ortho intramolecular Hbond substituents is 1. The molecule has 19 heavy (non-hydrogen) atoms. The van der Waals surface area contributed by atoms with E-state index in [9.17, 15) is 9.32 Å². The number of benzene rings is 2. The molecular weight excluding hydrogens is 258 g/mol. The standard InChI is InChI=1S/C15H17NO2S/c1-19(18)11-13-4-2-3-5-15(13)16-10-12-6-8-14(17)9-7-12/h2-9,16-17H,10-11H2,1H3/t19-/m1/s1. The Bertz CT molecular complexity index is 567. The Morgan fingerprint density at radius 1 is 1.11 bits per heavy atom. The van der Waals surface area contributed by atoms with Crippen LogP contribution in [0.15, 0.2) is 48.5 Å². The zero-order valence-corrected chi connectivity index (χ0v) is 11.6. The van der Waals surface area contributed by atoms with Crippen molar-refractivity contribution < 1.29 is 9.32 Å². The first-order chi connectivity index (χ1) is 9.15. The predicted molar refractivity (Wildman–Crippen MR) is 79.6 cm³/mol. The van der Waals surface area contributed by atoms with Crippen LogP contribution in [0.3, 0.4) is 0 Å². The van der Waals surface area contributed by atoms with Crippen LogP contribution in [0.4, 0.5) is 5.69 Å². The quantitative estimate of drug-likeness (QED) is 0.882. The molecule has 0 aliphatic heterocycles. The van der Waals surface area contributed by atoms with E-state index < -0.39 is 10.8 Å².